The highest BCUT2D eigenvalue weighted by Crippen LogP contribution is 2.19. The molecule has 6 heteroatoms. The Bertz CT molecular complexity index is 359. The fourth-order valence-corrected chi connectivity index (χ4v) is 2.05. The molecule has 1 aliphatic heterocycles. The zero-order chi connectivity index (χ0) is 10.8. The van der Waals surface area contributed by atoms with E-state index in [1.807, 2.05) is 6.92 Å². The van der Waals surface area contributed by atoms with E-state index < -0.39 is 10.0 Å². The van der Waals surface area contributed by atoms with Crippen molar-refractivity contribution >= 4 is 16.7 Å². The van der Waals surface area contributed by atoms with E-state index in [9.17, 15) is 8.42 Å². The molecule has 1 N–H and O–H groups in total. The molecule has 0 bridgehead atoms. The van der Waals surface area contributed by atoms with Crippen molar-refractivity contribution in [1.82, 2.24) is 4.72 Å². The van der Waals surface area contributed by atoms with Crippen molar-refractivity contribution in [3.63, 3.8) is 0 Å². The van der Waals surface area contributed by atoms with Gasteiger partial charge in [0, 0.05) is 6.54 Å². The summed E-state index contributed by atoms with van der Waals surface area (Å²) < 4.78 is 30.8. The first-order valence-electron chi connectivity index (χ1n) is 4.35. The van der Waals surface area contributed by atoms with Crippen LogP contribution in [0.25, 0.3) is 0 Å². The van der Waals surface area contributed by atoms with E-state index in [1.54, 1.807) is 0 Å². The minimum Gasteiger partial charge on any atom is -0.472 e. The average Bonchev–Trinajstić information content (AvgIpc) is 2.27. The molecule has 0 aromatic rings. The van der Waals surface area contributed by atoms with Crippen LogP contribution in [0.3, 0.4) is 0 Å². The highest BCUT2D eigenvalue weighted by molar-refractivity contribution is 7.93. The number of hydrogen-bond donors (Lipinski definition) is 1. The number of rotatable bonds is 2. The molecule has 0 saturated carbocycles. The molecular formula is C8H14N2O3S. The summed E-state index contributed by atoms with van der Waals surface area (Å²) >= 11 is 0. The van der Waals surface area contributed by atoms with E-state index in [-0.39, 0.29) is 23.4 Å². The molecule has 0 aliphatic carbocycles. The normalized spacial score (nSPS) is 26.6. The second-order valence-electron chi connectivity index (χ2n) is 3.02. The Labute approximate surface area is 83.9 Å². The summed E-state index contributed by atoms with van der Waals surface area (Å²) in [6.45, 7) is 6.92. The molecule has 0 radical (unpaired) electrons. The summed E-state index contributed by atoms with van der Waals surface area (Å²) in [6.07, 6.45) is 0.539. The summed E-state index contributed by atoms with van der Waals surface area (Å²) in [5.41, 5.74) is 0. The third-order valence-electron chi connectivity index (χ3n) is 2.08. The third kappa shape index (κ3) is 2.13. The van der Waals surface area contributed by atoms with Gasteiger partial charge in [0.1, 0.15) is 11.0 Å². The molecule has 14 heavy (non-hydrogen) atoms. The molecule has 0 fully saturated rings. The van der Waals surface area contributed by atoms with Gasteiger partial charge in [-0.2, -0.15) is 0 Å². The number of hydrogen-bond acceptors (Lipinski definition) is 4. The predicted octanol–water partition coefficient (Wildman–Crippen LogP) is 0.604. The number of nitrogens with one attached hydrogen (secondary N) is 1. The van der Waals surface area contributed by atoms with Crippen LogP contribution in [-0.2, 0) is 14.8 Å². The molecule has 0 aromatic heterocycles. The van der Waals surface area contributed by atoms with Crippen LogP contribution in [0.2, 0.25) is 0 Å². The van der Waals surface area contributed by atoms with Crippen LogP contribution in [0.5, 0.6) is 0 Å². The largest absolute Gasteiger partial charge is 0.472 e. The molecule has 0 aromatic carbocycles. The van der Waals surface area contributed by atoms with Crippen LogP contribution in [-0.4, -0.2) is 27.8 Å². The molecule has 0 amide bonds. The molecule has 5 nitrogen and oxygen atoms in total. The van der Waals surface area contributed by atoms with Gasteiger partial charge in [-0.15, -0.1) is 0 Å². The Morgan fingerprint density at radius 2 is 2.36 bits per heavy atom. The zero-order valence-electron chi connectivity index (χ0n) is 8.28. The summed E-state index contributed by atoms with van der Waals surface area (Å²) in [5, 5.41) is 0. The fourth-order valence-electron chi connectivity index (χ4n) is 1.08. The minimum atomic E-state index is -3.43. The smallest absolute Gasteiger partial charge is 0.241 e. The van der Waals surface area contributed by atoms with Gasteiger partial charge in [-0.1, -0.05) is 6.92 Å². The zero-order valence-corrected chi connectivity index (χ0v) is 9.10. The molecule has 0 unspecified atom stereocenters. The predicted molar refractivity (Wildman–Crippen MR) is 54.3 cm³/mol. The van der Waals surface area contributed by atoms with Crippen molar-refractivity contribution in [3.8, 4) is 0 Å². The molecule has 1 rings (SSSR count). The SMILES string of the molecule is C=NC1=C(C)S(=O)(=O)NC[C@@H](CC)O1. The van der Waals surface area contributed by atoms with Crippen molar-refractivity contribution < 1.29 is 13.2 Å². The molecule has 1 aliphatic rings. The van der Waals surface area contributed by atoms with Gasteiger partial charge >= 0.3 is 0 Å². The lowest BCUT2D eigenvalue weighted by Crippen LogP contribution is -2.30. The lowest BCUT2D eigenvalue weighted by Gasteiger charge is -2.13. The first kappa shape index (κ1) is 11.2. The van der Waals surface area contributed by atoms with Gasteiger partial charge in [0.25, 0.3) is 0 Å². The molecule has 1 heterocycles. The van der Waals surface area contributed by atoms with Gasteiger partial charge in [-0.3, -0.25) is 0 Å². The summed E-state index contributed by atoms with van der Waals surface area (Å²) in [7, 11) is -3.43. The molecule has 1 atom stereocenters. The van der Waals surface area contributed by atoms with E-state index in [1.165, 1.54) is 6.92 Å². The first-order chi connectivity index (χ1) is 6.51. The molecule has 80 valence electrons. The monoisotopic (exact) mass is 218 g/mol. The number of sulfonamides is 1. The van der Waals surface area contributed by atoms with Gasteiger partial charge in [0.2, 0.25) is 15.9 Å². The van der Waals surface area contributed by atoms with Crippen molar-refractivity contribution in [1.29, 1.82) is 0 Å². The molecular weight excluding hydrogens is 204 g/mol. The maximum absolute atomic E-state index is 11.5. The number of allylic oxidation sites excluding steroid dienone is 1. The number of ether oxygens (including phenoxy) is 1. The third-order valence-corrected chi connectivity index (χ3v) is 3.61. The van der Waals surface area contributed by atoms with Crippen LogP contribution < -0.4 is 4.72 Å². The van der Waals surface area contributed by atoms with Gasteiger partial charge < -0.3 is 4.74 Å². The molecule has 0 saturated heterocycles. The lowest BCUT2D eigenvalue weighted by molar-refractivity contribution is 0.116. The van der Waals surface area contributed by atoms with E-state index in [0.717, 1.165) is 6.42 Å². The van der Waals surface area contributed by atoms with E-state index in [2.05, 4.69) is 16.4 Å². The van der Waals surface area contributed by atoms with Crippen molar-refractivity contribution in [3.05, 3.63) is 10.8 Å². The van der Waals surface area contributed by atoms with Gasteiger partial charge in [0.05, 0.1) is 0 Å². The van der Waals surface area contributed by atoms with Crippen LogP contribution in [0.15, 0.2) is 15.8 Å². The second-order valence-corrected chi connectivity index (χ2v) is 4.93. The Morgan fingerprint density at radius 3 is 2.86 bits per heavy atom. The van der Waals surface area contributed by atoms with E-state index >= 15 is 0 Å². The van der Waals surface area contributed by atoms with Gasteiger partial charge in [0.15, 0.2) is 0 Å². The Hall–Kier alpha value is -0.880. The van der Waals surface area contributed by atoms with E-state index in [4.69, 9.17) is 4.74 Å². The quantitative estimate of drug-likeness (QED) is 0.690. The summed E-state index contributed by atoms with van der Waals surface area (Å²) in [6, 6.07) is 0. The second kappa shape index (κ2) is 4.10. The van der Waals surface area contributed by atoms with Crippen molar-refractivity contribution in [2.24, 2.45) is 4.99 Å². The minimum absolute atomic E-state index is 0.0865. The van der Waals surface area contributed by atoms with Crippen LogP contribution in [0.1, 0.15) is 20.3 Å². The number of aliphatic imine (C=N–C) groups is 1. The maximum atomic E-state index is 11.5. The average molecular weight is 218 g/mol. The maximum Gasteiger partial charge on any atom is 0.241 e. The Morgan fingerprint density at radius 1 is 1.71 bits per heavy atom. The van der Waals surface area contributed by atoms with E-state index in [0.29, 0.717) is 0 Å². The Kier molecular flexibility index (Phi) is 3.28. The lowest BCUT2D eigenvalue weighted by atomic mass is 10.3. The van der Waals surface area contributed by atoms with Crippen LogP contribution in [0, 0.1) is 0 Å². The molecule has 0 spiro atoms. The highest BCUT2D eigenvalue weighted by atomic mass is 32.2. The van der Waals surface area contributed by atoms with Crippen LogP contribution >= 0.6 is 0 Å². The summed E-state index contributed by atoms with van der Waals surface area (Å²) in [5.74, 6) is 0.0989. The van der Waals surface area contributed by atoms with Crippen molar-refractivity contribution in [2.45, 2.75) is 26.4 Å². The van der Waals surface area contributed by atoms with Gasteiger partial charge in [-0.25, -0.2) is 18.1 Å². The van der Waals surface area contributed by atoms with Crippen LogP contribution in [0.4, 0.5) is 0 Å². The topological polar surface area (TPSA) is 67.8 Å². The number of nitrogens with zero attached hydrogens (tertiary/aromatic N) is 1. The summed E-state index contributed by atoms with van der Waals surface area (Å²) in [4.78, 5) is 3.66. The highest BCUT2D eigenvalue weighted by Gasteiger charge is 2.25. The standard InChI is InChI=1S/C8H14N2O3S/c1-4-7-5-10-14(11,12)6(2)8(9-3)13-7/h7,10H,3-5H2,1-2H3/t7-/m1/s1. The fraction of sp³-hybridized carbons (Fsp3) is 0.625. The van der Waals surface area contributed by atoms with Crippen molar-refractivity contribution in [2.75, 3.05) is 6.54 Å². The van der Waals surface area contributed by atoms with Gasteiger partial charge in [-0.05, 0) is 20.1 Å². The Balaban J connectivity index is 3.10. The first-order valence-corrected chi connectivity index (χ1v) is 5.83.